The summed E-state index contributed by atoms with van der Waals surface area (Å²) >= 11 is 0. The van der Waals surface area contributed by atoms with Crippen LogP contribution in [0.5, 0.6) is 0 Å². The molecule has 0 amide bonds. The van der Waals surface area contributed by atoms with Gasteiger partial charge in [-0.1, -0.05) is 19.0 Å². The summed E-state index contributed by atoms with van der Waals surface area (Å²) in [5.74, 6) is 1.33. The molecule has 8 nitrogen and oxygen atoms in total. The number of nitriles is 1. The van der Waals surface area contributed by atoms with Crippen LogP contribution in [0.4, 0.5) is 0 Å². The third-order valence-electron chi connectivity index (χ3n) is 4.42. The maximum atomic E-state index is 12.6. The van der Waals surface area contributed by atoms with Crippen molar-refractivity contribution in [1.29, 1.82) is 5.26 Å². The van der Waals surface area contributed by atoms with Crippen LogP contribution in [0.2, 0.25) is 0 Å². The van der Waals surface area contributed by atoms with Gasteiger partial charge in [0.15, 0.2) is 5.82 Å². The van der Waals surface area contributed by atoms with E-state index in [9.17, 15) is 8.42 Å². The highest BCUT2D eigenvalue weighted by molar-refractivity contribution is 7.89. The van der Waals surface area contributed by atoms with Gasteiger partial charge in [-0.3, -0.25) is 4.90 Å². The normalized spacial score (nSPS) is 21.2. The van der Waals surface area contributed by atoms with E-state index in [1.165, 1.54) is 24.3 Å². The molecule has 1 saturated heterocycles. The molecule has 26 heavy (non-hydrogen) atoms. The number of nitrogens with one attached hydrogen (secondary N) is 1. The maximum absolute atomic E-state index is 12.6. The predicted octanol–water partition coefficient (Wildman–Crippen LogP) is 1.79. The summed E-state index contributed by atoms with van der Waals surface area (Å²) in [5.41, 5.74) is 0.418. The Kier molecular flexibility index (Phi) is 5.09. The zero-order valence-corrected chi connectivity index (χ0v) is 15.7. The van der Waals surface area contributed by atoms with Crippen molar-refractivity contribution in [3.8, 4) is 6.07 Å². The van der Waals surface area contributed by atoms with Gasteiger partial charge in [-0.2, -0.15) is 10.2 Å². The van der Waals surface area contributed by atoms with Gasteiger partial charge in [-0.25, -0.2) is 13.1 Å². The number of rotatable bonds is 5. The largest absolute Gasteiger partial charge is 0.338 e. The maximum Gasteiger partial charge on any atom is 0.244 e. The fourth-order valence-electron chi connectivity index (χ4n) is 2.99. The van der Waals surface area contributed by atoms with Crippen molar-refractivity contribution in [2.24, 2.45) is 0 Å². The van der Waals surface area contributed by atoms with E-state index in [4.69, 9.17) is 9.78 Å². The first-order valence-electron chi connectivity index (χ1n) is 8.36. The quantitative estimate of drug-likeness (QED) is 0.848. The molecule has 1 N–H and O–H groups in total. The molecule has 1 aromatic heterocycles. The van der Waals surface area contributed by atoms with E-state index >= 15 is 0 Å². The van der Waals surface area contributed by atoms with Crippen molar-refractivity contribution in [2.45, 2.75) is 43.2 Å². The average molecular weight is 375 g/mol. The third-order valence-corrected chi connectivity index (χ3v) is 5.96. The predicted molar refractivity (Wildman–Crippen MR) is 93.6 cm³/mol. The van der Waals surface area contributed by atoms with Gasteiger partial charge in [0, 0.05) is 18.5 Å². The first-order chi connectivity index (χ1) is 12.3. The topological polar surface area (TPSA) is 112 Å². The van der Waals surface area contributed by atoms with Gasteiger partial charge in [0.2, 0.25) is 15.9 Å². The number of benzene rings is 1. The SMILES string of the molecule is CC(C)c1noc(C2CC(NS(=O)(=O)c3ccc(C#N)cc3)CN2C)n1. The lowest BCUT2D eigenvalue weighted by Gasteiger charge is -2.14. The highest BCUT2D eigenvalue weighted by Crippen LogP contribution is 2.31. The molecule has 0 saturated carbocycles. The first-order valence-corrected chi connectivity index (χ1v) is 9.84. The van der Waals surface area contributed by atoms with Crippen LogP contribution in [0.15, 0.2) is 33.7 Å². The van der Waals surface area contributed by atoms with Gasteiger partial charge in [-0.05, 0) is 37.7 Å². The fourth-order valence-corrected chi connectivity index (χ4v) is 4.23. The lowest BCUT2D eigenvalue weighted by atomic mass is 10.2. The summed E-state index contributed by atoms with van der Waals surface area (Å²) in [6.07, 6.45) is 0.547. The van der Waals surface area contributed by atoms with Crippen molar-refractivity contribution in [1.82, 2.24) is 19.8 Å². The molecular formula is C17H21N5O3S. The average Bonchev–Trinajstić information content (AvgIpc) is 3.21. The summed E-state index contributed by atoms with van der Waals surface area (Å²) in [4.78, 5) is 6.57. The number of sulfonamides is 1. The Hall–Kier alpha value is -2.28. The highest BCUT2D eigenvalue weighted by atomic mass is 32.2. The summed E-state index contributed by atoms with van der Waals surface area (Å²) in [5, 5.41) is 12.8. The Labute approximate surface area is 152 Å². The molecule has 1 fully saturated rings. The van der Waals surface area contributed by atoms with Crippen molar-refractivity contribution in [3.05, 3.63) is 41.5 Å². The summed E-state index contributed by atoms with van der Waals surface area (Å²) in [6, 6.07) is 7.44. The van der Waals surface area contributed by atoms with Crippen LogP contribution in [0.1, 0.15) is 49.5 Å². The molecule has 3 rings (SSSR count). The lowest BCUT2D eigenvalue weighted by Crippen LogP contribution is -2.36. The van der Waals surface area contributed by atoms with E-state index in [1.54, 1.807) is 0 Å². The summed E-state index contributed by atoms with van der Waals surface area (Å²) < 4.78 is 33.2. The van der Waals surface area contributed by atoms with Gasteiger partial charge < -0.3 is 4.52 Å². The number of likely N-dealkylation sites (tertiary alicyclic amines) is 1. The Morgan fingerprint density at radius 2 is 2.04 bits per heavy atom. The molecule has 138 valence electrons. The molecule has 2 atom stereocenters. The second kappa shape index (κ2) is 7.15. The van der Waals surface area contributed by atoms with Crippen LogP contribution < -0.4 is 4.72 Å². The van der Waals surface area contributed by atoms with E-state index in [0.717, 1.165) is 0 Å². The second-order valence-electron chi connectivity index (χ2n) is 6.79. The van der Waals surface area contributed by atoms with Gasteiger partial charge in [-0.15, -0.1) is 0 Å². The van der Waals surface area contributed by atoms with E-state index in [2.05, 4.69) is 14.9 Å². The Balaban J connectivity index is 1.71. The van der Waals surface area contributed by atoms with E-state index in [0.29, 0.717) is 30.2 Å². The molecule has 0 spiro atoms. The van der Waals surface area contributed by atoms with E-state index in [-0.39, 0.29) is 22.9 Å². The van der Waals surface area contributed by atoms with Gasteiger partial charge in [0.1, 0.15) is 0 Å². The molecule has 2 aromatic rings. The van der Waals surface area contributed by atoms with Crippen molar-refractivity contribution < 1.29 is 12.9 Å². The van der Waals surface area contributed by atoms with E-state index < -0.39 is 10.0 Å². The standard InChI is InChI=1S/C17H21N5O3S/c1-11(2)16-19-17(25-20-16)15-8-13(10-22(15)3)21-26(23,24)14-6-4-12(9-18)5-7-14/h4-7,11,13,15,21H,8,10H2,1-3H3. The van der Waals surface area contributed by atoms with Crippen LogP contribution in [0.3, 0.4) is 0 Å². The van der Waals surface area contributed by atoms with Gasteiger partial charge in [0.05, 0.1) is 22.6 Å². The van der Waals surface area contributed by atoms with Crippen molar-refractivity contribution >= 4 is 10.0 Å². The Morgan fingerprint density at radius 3 is 2.62 bits per heavy atom. The van der Waals surface area contributed by atoms with E-state index in [1.807, 2.05) is 31.9 Å². The lowest BCUT2D eigenvalue weighted by molar-refractivity contribution is 0.244. The van der Waals surface area contributed by atoms with Crippen LogP contribution in [-0.2, 0) is 10.0 Å². The molecule has 1 aliphatic heterocycles. The van der Waals surface area contributed by atoms with Crippen LogP contribution in [-0.4, -0.2) is 43.1 Å². The molecule has 2 unspecified atom stereocenters. The minimum atomic E-state index is -3.66. The Bertz CT molecular complexity index is 915. The number of hydrogen-bond acceptors (Lipinski definition) is 7. The van der Waals surface area contributed by atoms with Crippen LogP contribution in [0, 0.1) is 11.3 Å². The molecule has 0 aliphatic carbocycles. The highest BCUT2D eigenvalue weighted by Gasteiger charge is 2.36. The molecule has 1 aromatic carbocycles. The number of hydrogen-bond donors (Lipinski definition) is 1. The fraction of sp³-hybridized carbons (Fsp3) is 0.471. The molecular weight excluding hydrogens is 354 g/mol. The molecule has 0 bridgehead atoms. The monoisotopic (exact) mass is 375 g/mol. The first kappa shape index (κ1) is 18.5. The minimum Gasteiger partial charge on any atom is -0.338 e. The van der Waals surface area contributed by atoms with Gasteiger partial charge in [0.25, 0.3) is 0 Å². The molecule has 2 heterocycles. The zero-order chi connectivity index (χ0) is 18.9. The summed E-state index contributed by atoms with van der Waals surface area (Å²) in [7, 11) is -1.76. The number of aromatic nitrogens is 2. The molecule has 1 aliphatic rings. The smallest absolute Gasteiger partial charge is 0.244 e. The minimum absolute atomic E-state index is 0.122. The second-order valence-corrected chi connectivity index (χ2v) is 8.50. The van der Waals surface area contributed by atoms with Crippen LogP contribution >= 0.6 is 0 Å². The number of nitrogens with zero attached hydrogens (tertiary/aromatic N) is 4. The summed E-state index contributed by atoms with van der Waals surface area (Å²) in [6.45, 7) is 4.52. The van der Waals surface area contributed by atoms with Gasteiger partial charge >= 0.3 is 0 Å². The Morgan fingerprint density at radius 1 is 1.35 bits per heavy atom. The molecule has 0 radical (unpaired) electrons. The number of likely N-dealkylation sites (N-methyl/N-ethyl adjacent to an activating group) is 1. The van der Waals surface area contributed by atoms with Crippen molar-refractivity contribution in [2.75, 3.05) is 13.6 Å². The molecule has 9 heteroatoms. The zero-order valence-electron chi connectivity index (χ0n) is 14.9. The third kappa shape index (κ3) is 3.77. The van der Waals surface area contributed by atoms with Crippen LogP contribution in [0.25, 0.3) is 0 Å². The van der Waals surface area contributed by atoms with Crippen molar-refractivity contribution in [3.63, 3.8) is 0 Å².